The zero-order chi connectivity index (χ0) is 20.1. The van der Waals surface area contributed by atoms with Gasteiger partial charge in [-0.05, 0) is 18.6 Å². The second-order valence-electron chi connectivity index (χ2n) is 6.27. The van der Waals surface area contributed by atoms with Gasteiger partial charge in [0, 0.05) is 18.1 Å². The van der Waals surface area contributed by atoms with Crippen LogP contribution in [-0.2, 0) is 6.54 Å². The molecule has 0 saturated heterocycles. The summed E-state index contributed by atoms with van der Waals surface area (Å²) in [6.07, 6.45) is 4.20. The average molecular weight is 402 g/mol. The first-order valence-electron chi connectivity index (χ1n) is 8.95. The number of unbranched alkanes of at least 4 members (excludes halogenated alkanes) is 2. The lowest BCUT2D eigenvalue weighted by Crippen LogP contribution is -2.43. The molecule has 0 radical (unpaired) electrons. The fourth-order valence-corrected chi connectivity index (χ4v) is 2.97. The van der Waals surface area contributed by atoms with Crippen LogP contribution in [-0.4, -0.2) is 26.6 Å². The predicted octanol–water partition coefficient (Wildman–Crippen LogP) is 2.64. The molecule has 0 atom stereocenters. The number of hydrazine groups is 1. The maximum atomic E-state index is 12.7. The van der Waals surface area contributed by atoms with Gasteiger partial charge < -0.3 is 4.98 Å². The maximum Gasteiger partial charge on any atom is 0.290 e. The summed E-state index contributed by atoms with van der Waals surface area (Å²) in [6, 6.07) is 8.21. The van der Waals surface area contributed by atoms with Crippen LogP contribution in [0, 0.1) is 0 Å². The first kappa shape index (κ1) is 19.6. The minimum Gasteiger partial charge on any atom is -0.356 e. The van der Waals surface area contributed by atoms with Crippen LogP contribution in [0.2, 0.25) is 5.02 Å². The summed E-state index contributed by atoms with van der Waals surface area (Å²) < 4.78 is 1.31. The third-order valence-corrected chi connectivity index (χ3v) is 4.46. The highest BCUT2D eigenvalue weighted by molar-refractivity contribution is 6.31. The number of hydrogen-bond donors (Lipinski definition) is 3. The molecule has 9 heteroatoms. The van der Waals surface area contributed by atoms with Crippen LogP contribution in [0.4, 0.5) is 0 Å². The standard InChI is InChI=1S/C19H20ClN5O3/c1-2-3-6-9-25-19(28)14-8-5-4-7-13(14)16(24-25)18(27)23-22-17(26)15-10-12(20)11-21-15/h4-5,7-8,10-11,21H,2-3,6,9H2,1H3,(H,22,26)(H,23,27). The van der Waals surface area contributed by atoms with Crippen molar-refractivity contribution in [3.63, 3.8) is 0 Å². The molecule has 0 unspecified atom stereocenters. The van der Waals surface area contributed by atoms with Gasteiger partial charge in [0.15, 0.2) is 5.69 Å². The van der Waals surface area contributed by atoms with Gasteiger partial charge in [0.25, 0.3) is 17.4 Å². The number of carbonyl (C=O) groups is 2. The highest BCUT2D eigenvalue weighted by atomic mass is 35.5. The Morgan fingerprint density at radius 2 is 1.86 bits per heavy atom. The van der Waals surface area contributed by atoms with Gasteiger partial charge in [0.1, 0.15) is 5.69 Å². The molecule has 0 bridgehead atoms. The summed E-state index contributed by atoms with van der Waals surface area (Å²) >= 11 is 5.77. The maximum absolute atomic E-state index is 12.7. The van der Waals surface area contributed by atoms with Crippen molar-refractivity contribution in [1.82, 2.24) is 25.6 Å². The second kappa shape index (κ2) is 8.71. The molecule has 0 aliphatic rings. The quantitative estimate of drug-likeness (QED) is 0.435. The summed E-state index contributed by atoms with van der Waals surface area (Å²) in [5, 5.41) is 5.45. The number of aromatic amines is 1. The van der Waals surface area contributed by atoms with E-state index in [9.17, 15) is 14.4 Å². The van der Waals surface area contributed by atoms with E-state index in [1.165, 1.54) is 16.9 Å². The van der Waals surface area contributed by atoms with Crippen LogP contribution in [0.25, 0.3) is 10.8 Å². The third-order valence-electron chi connectivity index (χ3n) is 4.24. The largest absolute Gasteiger partial charge is 0.356 e. The van der Waals surface area contributed by atoms with Gasteiger partial charge in [-0.15, -0.1) is 0 Å². The van der Waals surface area contributed by atoms with Gasteiger partial charge in [-0.1, -0.05) is 49.6 Å². The molecule has 3 aromatic rings. The first-order chi connectivity index (χ1) is 13.5. The zero-order valence-electron chi connectivity index (χ0n) is 15.3. The van der Waals surface area contributed by atoms with Crippen molar-refractivity contribution in [3.05, 3.63) is 63.3 Å². The fraction of sp³-hybridized carbons (Fsp3) is 0.263. The van der Waals surface area contributed by atoms with Gasteiger partial charge in [-0.3, -0.25) is 25.2 Å². The molecule has 2 aromatic heterocycles. The van der Waals surface area contributed by atoms with Gasteiger partial charge in [-0.25, -0.2) is 4.68 Å². The van der Waals surface area contributed by atoms with Crippen molar-refractivity contribution in [1.29, 1.82) is 0 Å². The van der Waals surface area contributed by atoms with Crippen molar-refractivity contribution < 1.29 is 9.59 Å². The Balaban J connectivity index is 1.85. The summed E-state index contributed by atoms with van der Waals surface area (Å²) in [6.45, 7) is 2.49. The number of fused-ring (bicyclic) bond motifs is 1. The van der Waals surface area contributed by atoms with Crippen LogP contribution in [0.3, 0.4) is 0 Å². The van der Waals surface area contributed by atoms with Crippen molar-refractivity contribution in [3.8, 4) is 0 Å². The molecule has 0 saturated carbocycles. The SMILES string of the molecule is CCCCCn1nc(C(=O)NNC(=O)c2cc(Cl)c[nH]2)c2ccccc2c1=O. The molecular weight excluding hydrogens is 382 g/mol. The van der Waals surface area contributed by atoms with E-state index >= 15 is 0 Å². The molecule has 1 aromatic carbocycles. The number of rotatable bonds is 6. The number of aromatic nitrogens is 3. The Kier molecular flexibility index (Phi) is 6.10. The van der Waals surface area contributed by atoms with E-state index in [-0.39, 0.29) is 16.9 Å². The molecule has 2 heterocycles. The van der Waals surface area contributed by atoms with E-state index in [1.807, 2.05) is 0 Å². The molecule has 0 spiro atoms. The Bertz CT molecular complexity index is 1070. The molecule has 28 heavy (non-hydrogen) atoms. The second-order valence-corrected chi connectivity index (χ2v) is 6.71. The van der Waals surface area contributed by atoms with Gasteiger partial charge >= 0.3 is 0 Å². The summed E-state index contributed by atoms with van der Waals surface area (Å²) in [4.78, 5) is 40.0. The Hall–Kier alpha value is -3.13. The minimum atomic E-state index is -0.619. The number of hydrogen-bond acceptors (Lipinski definition) is 4. The zero-order valence-corrected chi connectivity index (χ0v) is 16.0. The molecule has 146 valence electrons. The monoisotopic (exact) mass is 401 g/mol. The van der Waals surface area contributed by atoms with Crippen LogP contribution in [0.1, 0.15) is 47.2 Å². The lowest BCUT2D eigenvalue weighted by molar-refractivity contribution is 0.0841. The van der Waals surface area contributed by atoms with Crippen molar-refractivity contribution >= 4 is 34.2 Å². The molecule has 2 amide bonds. The highest BCUT2D eigenvalue weighted by Crippen LogP contribution is 2.13. The minimum absolute atomic E-state index is 0.0662. The summed E-state index contributed by atoms with van der Waals surface area (Å²) in [7, 11) is 0. The molecule has 3 N–H and O–H groups in total. The van der Waals surface area contributed by atoms with Crippen LogP contribution in [0.15, 0.2) is 41.3 Å². The fourth-order valence-electron chi connectivity index (χ4n) is 2.81. The average Bonchev–Trinajstić information content (AvgIpc) is 3.14. The van der Waals surface area contributed by atoms with Crippen molar-refractivity contribution in [2.24, 2.45) is 0 Å². The number of aryl methyl sites for hydroxylation is 1. The van der Waals surface area contributed by atoms with Gasteiger partial charge in [-0.2, -0.15) is 5.10 Å². The first-order valence-corrected chi connectivity index (χ1v) is 9.33. The number of H-pyrrole nitrogens is 1. The Morgan fingerprint density at radius 3 is 2.54 bits per heavy atom. The summed E-state index contributed by atoms with van der Waals surface area (Å²) in [5.41, 5.74) is 4.66. The third kappa shape index (κ3) is 4.23. The van der Waals surface area contributed by atoms with Crippen molar-refractivity contribution in [2.45, 2.75) is 32.7 Å². The van der Waals surface area contributed by atoms with E-state index in [1.54, 1.807) is 24.3 Å². The summed E-state index contributed by atoms with van der Waals surface area (Å²) in [5.74, 6) is -1.17. The van der Waals surface area contributed by atoms with Crippen LogP contribution < -0.4 is 16.4 Å². The lowest BCUT2D eigenvalue weighted by atomic mass is 10.1. The lowest BCUT2D eigenvalue weighted by Gasteiger charge is -2.11. The van der Waals surface area contributed by atoms with E-state index < -0.39 is 11.8 Å². The van der Waals surface area contributed by atoms with Gasteiger partial charge in [0.05, 0.1) is 10.4 Å². The van der Waals surface area contributed by atoms with Crippen LogP contribution in [0.5, 0.6) is 0 Å². The van der Waals surface area contributed by atoms with Crippen LogP contribution >= 0.6 is 11.6 Å². The number of halogens is 1. The van der Waals surface area contributed by atoms with Gasteiger partial charge in [0.2, 0.25) is 0 Å². The van der Waals surface area contributed by atoms with E-state index in [0.29, 0.717) is 22.3 Å². The molecule has 3 rings (SSSR count). The molecule has 8 nitrogen and oxygen atoms in total. The van der Waals surface area contributed by atoms with E-state index in [4.69, 9.17) is 11.6 Å². The Morgan fingerprint density at radius 1 is 1.14 bits per heavy atom. The molecule has 0 aliphatic carbocycles. The smallest absolute Gasteiger partial charge is 0.290 e. The van der Waals surface area contributed by atoms with Crippen molar-refractivity contribution in [2.75, 3.05) is 0 Å². The van der Waals surface area contributed by atoms with E-state index in [0.717, 1.165) is 19.3 Å². The van der Waals surface area contributed by atoms with E-state index in [2.05, 4.69) is 27.9 Å². The number of amides is 2. The number of nitrogens with one attached hydrogen (secondary N) is 3. The Labute approximate surface area is 165 Å². The predicted molar refractivity (Wildman–Crippen MR) is 106 cm³/mol. The normalized spacial score (nSPS) is 10.8. The highest BCUT2D eigenvalue weighted by Gasteiger charge is 2.17. The molecular formula is C19H20ClN5O3. The number of benzene rings is 1. The molecule has 0 aliphatic heterocycles. The molecule has 0 fully saturated rings. The topological polar surface area (TPSA) is 109 Å². The number of nitrogens with zero attached hydrogens (tertiary/aromatic N) is 2. The number of carbonyl (C=O) groups excluding carboxylic acids is 2.